The van der Waals surface area contributed by atoms with Crippen LogP contribution < -0.4 is 10.6 Å². The van der Waals surface area contributed by atoms with Gasteiger partial charge >= 0.3 is 0 Å². The normalized spacial score (nSPS) is 18.3. The molecule has 0 spiro atoms. The summed E-state index contributed by atoms with van der Waals surface area (Å²) in [6.07, 6.45) is -0.982. The van der Waals surface area contributed by atoms with Crippen molar-refractivity contribution in [2.45, 2.75) is 19.3 Å². The van der Waals surface area contributed by atoms with Gasteiger partial charge in [-0.1, -0.05) is 0 Å². The third-order valence-electron chi connectivity index (χ3n) is 1.97. The average Bonchev–Trinajstić information content (AvgIpc) is 2.67. The van der Waals surface area contributed by atoms with Crippen LogP contribution in [0.4, 0.5) is 9.39 Å². The highest BCUT2D eigenvalue weighted by atomic mass is 32.1. The average molecular weight is 201 g/mol. The first-order valence-electron chi connectivity index (χ1n) is 3.96. The summed E-state index contributed by atoms with van der Waals surface area (Å²) in [6.45, 7) is 3.89. The Bertz CT molecular complexity index is 315. The van der Waals surface area contributed by atoms with Crippen molar-refractivity contribution in [2.75, 3.05) is 5.73 Å². The Morgan fingerprint density at radius 2 is 2.62 bits per heavy atom. The molecule has 1 aromatic heterocycles. The van der Waals surface area contributed by atoms with Crippen LogP contribution in [0.2, 0.25) is 0 Å². The number of hydrogen-bond donors (Lipinski definition) is 1. The van der Waals surface area contributed by atoms with Gasteiger partial charge in [0.05, 0.1) is 11.5 Å². The molecule has 0 saturated carbocycles. The minimum Gasteiger partial charge on any atom is -0.401 e. The molecule has 0 aromatic carbocycles. The van der Waals surface area contributed by atoms with Crippen LogP contribution in [0.25, 0.3) is 0 Å². The molecule has 1 aliphatic rings. The molecule has 0 saturated heterocycles. The number of anilines is 1. The van der Waals surface area contributed by atoms with E-state index < -0.39 is 6.30 Å². The molecular formula is C8H10FN2OS. The van der Waals surface area contributed by atoms with Crippen LogP contribution in [0.15, 0.2) is 5.38 Å². The van der Waals surface area contributed by atoms with E-state index in [4.69, 9.17) is 10.6 Å². The monoisotopic (exact) mass is 201 g/mol. The van der Waals surface area contributed by atoms with E-state index in [1.807, 2.05) is 0 Å². The van der Waals surface area contributed by atoms with E-state index in [1.54, 1.807) is 5.38 Å². The Labute approximate surface area is 79.9 Å². The molecule has 13 heavy (non-hydrogen) atoms. The van der Waals surface area contributed by atoms with E-state index >= 15 is 0 Å². The van der Waals surface area contributed by atoms with Gasteiger partial charge in [-0.05, 0) is 13.3 Å². The lowest BCUT2D eigenvalue weighted by Gasteiger charge is -2.17. The second-order valence-corrected chi connectivity index (χ2v) is 3.74. The van der Waals surface area contributed by atoms with E-state index in [1.165, 1.54) is 16.4 Å². The van der Waals surface area contributed by atoms with Gasteiger partial charge in [-0.2, -0.15) is 0 Å². The van der Waals surface area contributed by atoms with Crippen LogP contribution in [0.5, 0.6) is 5.75 Å². The maximum absolute atomic E-state index is 13.1. The Morgan fingerprint density at radius 3 is 3.23 bits per heavy atom. The van der Waals surface area contributed by atoms with Gasteiger partial charge in [0.1, 0.15) is 0 Å². The van der Waals surface area contributed by atoms with Gasteiger partial charge in [-0.15, -0.1) is 16.4 Å². The van der Waals surface area contributed by atoms with E-state index in [0.717, 1.165) is 5.56 Å². The number of nitrogens with zero attached hydrogens (tertiary/aromatic N) is 1. The molecular weight excluding hydrogens is 191 g/mol. The lowest BCUT2D eigenvalue weighted by molar-refractivity contribution is -0.127. The Balaban J connectivity index is 2.14. The predicted molar refractivity (Wildman–Crippen MR) is 49.8 cm³/mol. The number of nitrogens with two attached hydrogens (primary N) is 1. The Hall–Kier alpha value is -0.810. The van der Waals surface area contributed by atoms with Crippen molar-refractivity contribution in [1.82, 2.24) is 5.06 Å². The first-order chi connectivity index (χ1) is 6.22. The molecule has 0 bridgehead atoms. The maximum Gasteiger partial charge on any atom is 0.185 e. The van der Waals surface area contributed by atoms with Gasteiger partial charge in [0.2, 0.25) is 0 Å². The van der Waals surface area contributed by atoms with Crippen LogP contribution in [-0.2, 0) is 6.54 Å². The van der Waals surface area contributed by atoms with Crippen molar-refractivity contribution >= 4 is 16.3 Å². The van der Waals surface area contributed by atoms with E-state index in [2.05, 4.69) is 6.92 Å². The zero-order valence-electron chi connectivity index (χ0n) is 7.00. The van der Waals surface area contributed by atoms with Gasteiger partial charge in [0.15, 0.2) is 12.0 Å². The van der Waals surface area contributed by atoms with Crippen molar-refractivity contribution in [3.8, 4) is 5.75 Å². The number of thiophene rings is 1. The van der Waals surface area contributed by atoms with Crippen molar-refractivity contribution in [3.63, 3.8) is 0 Å². The SMILES string of the molecule is [CH2]C[C@H](F)N1Cc2c(csc2N)O1. The molecule has 1 aromatic rings. The highest BCUT2D eigenvalue weighted by molar-refractivity contribution is 7.14. The van der Waals surface area contributed by atoms with Crippen LogP contribution >= 0.6 is 11.3 Å². The lowest BCUT2D eigenvalue weighted by Crippen LogP contribution is -2.30. The van der Waals surface area contributed by atoms with Gasteiger partial charge in [0, 0.05) is 10.9 Å². The molecule has 5 heteroatoms. The van der Waals surface area contributed by atoms with Crippen molar-refractivity contribution < 1.29 is 9.23 Å². The molecule has 2 heterocycles. The minimum atomic E-state index is -1.16. The summed E-state index contributed by atoms with van der Waals surface area (Å²) in [4.78, 5) is 5.23. The summed E-state index contributed by atoms with van der Waals surface area (Å²) in [5.41, 5.74) is 6.56. The van der Waals surface area contributed by atoms with Crippen molar-refractivity contribution in [3.05, 3.63) is 17.9 Å². The number of hydrogen-bond acceptors (Lipinski definition) is 4. The van der Waals surface area contributed by atoms with Gasteiger partial charge in [-0.3, -0.25) is 0 Å². The highest BCUT2D eigenvalue weighted by Crippen LogP contribution is 2.38. The predicted octanol–water partition coefficient (Wildman–Crippen LogP) is 1.96. The summed E-state index contributed by atoms with van der Waals surface area (Å²) in [5.74, 6) is 0.679. The molecule has 0 amide bonds. The van der Waals surface area contributed by atoms with Crippen LogP contribution in [-0.4, -0.2) is 11.4 Å². The summed E-state index contributed by atoms with van der Waals surface area (Å²) in [6, 6.07) is 0. The first kappa shape index (κ1) is 8.77. The molecule has 71 valence electrons. The van der Waals surface area contributed by atoms with E-state index in [-0.39, 0.29) is 6.42 Å². The number of halogens is 1. The Morgan fingerprint density at radius 1 is 1.85 bits per heavy atom. The Kier molecular flexibility index (Phi) is 2.13. The summed E-state index contributed by atoms with van der Waals surface area (Å²) in [5, 5.41) is 3.76. The smallest absolute Gasteiger partial charge is 0.185 e. The van der Waals surface area contributed by atoms with Gasteiger partial charge < -0.3 is 10.6 Å². The largest absolute Gasteiger partial charge is 0.401 e. The molecule has 2 rings (SSSR count). The third-order valence-corrected chi connectivity index (χ3v) is 2.80. The second kappa shape index (κ2) is 3.16. The van der Waals surface area contributed by atoms with Gasteiger partial charge in [-0.25, -0.2) is 4.39 Å². The van der Waals surface area contributed by atoms with Gasteiger partial charge in [0.25, 0.3) is 0 Å². The third kappa shape index (κ3) is 1.38. The second-order valence-electron chi connectivity index (χ2n) is 2.83. The lowest BCUT2D eigenvalue weighted by atomic mass is 10.3. The number of rotatable bonds is 2. The molecule has 3 nitrogen and oxygen atoms in total. The molecule has 0 aliphatic carbocycles. The minimum absolute atomic E-state index is 0.174. The standard InChI is InChI=1S/C8H10FN2OS/c1-2-7(9)11-3-5-6(12-11)4-13-8(5)10/h4,7H,1-3,10H2/t7-/m1/s1. The molecule has 1 atom stereocenters. The van der Waals surface area contributed by atoms with Crippen molar-refractivity contribution in [1.29, 1.82) is 0 Å². The number of hydroxylamine groups is 2. The first-order valence-corrected chi connectivity index (χ1v) is 4.84. The molecule has 1 radical (unpaired) electrons. The van der Waals surface area contributed by atoms with Crippen LogP contribution in [0.3, 0.4) is 0 Å². The number of fused-ring (bicyclic) bond motifs is 1. The fourth-order valence-electron chi connectivity index (χ4n) is 1.23. The zero-order valence-corrected chi connectivity index (χ0v) is 7.81. The summed E-state index contributed by atoms with van der Waals surface area (Å²) < 4.78 is 13.1. The maximum atomic E-state index is 13.1. The number of alkyl halides is 1. The van der Waals surface area contributed by atoms with Crippen LogP contribution in [0.1, 0.15) is 12.0 Å². The fraction of sp³-hybridized carbons (Fsp3) is 0.375. The quantitative estimate of drug-likeness (QED) is 0.743. The van der Waals surface area contributed by atoms with Crippen molar-refractivity contribution in [2.24, 2.45) is 0 Å². The molecule has 1 aliphatic heterocycles. The molecule has 2 N–H and O–H groups in total. The molecule has 0 fully saturated rings. The molecule has 0 unspecified atom stereocenters. The van der Waals surface area contributed by atoms with E-state index in [9.17, 15) is 4.39 Å². The summed E-state index contributed by atoms with van der Waals surface area (Å²) in [7, 11) is 0. The summed E-state index contributed by atoms with van der Waals surface area (Å²) >= 11 is 1.42. The highest BCUT2D eigenvalue weighted by Gasteiger charge is 2.29. The zero-order chi connectivity index (χ0) is 9.42. The topological polar surface area (TPSA) is 38.5 Å². The van der Waals surface area contributed by atoms with E-state index in [0.29, 0.717) is 17.3 Å². The number of nitrogen functional groups attached to an aromatic ring is 1. The van der Waals surface area contributed by atoms with Crippen LogP contribution in [0, 0.1) is 6.92 Å². The fourth-order valence-corrected chi connectivity index (χ4v) is 1.95.